The normalized spacial score (nSPS) is 13.4. The van der Waals surface area contributed by atoms with Crippen molar-refractivity contribution in [2.24, 2.45) is 0 Å². The van der Waals surface area contributed by atoms with Gasteiger partial charge in [0.1, 0.15) is 5.75 Å². The fourth-order valence-corrected chi connectivity index (χ4v) is 2.75. The van der Waals surface area contributed by atoms with E-state index in [2.05, 4.69) is 5.32 Å². The van der Waals surface area contributed by atoms with Crippen molar-refractivity contribution >= 4 is 29.0 Å². The predicted molar refractivity (Wildman–Crippen MR) is 75.5 cm³/mol. The van der Waals surface area contributed by atoms with Gasteiger partial charge in [0.2, 0.25) is 0 Å². The smallest absolute Gasteiger partial charge is 0.262 e. The monoisotopic (exact) mass is 272 g/mol. The number of rotatable bonds is 2. The summed E-state index contributed by atoms with van der Waals surface area (Å²) in [4.78, 5) is 13.3. The van der Waals surface area contributed by atoms with Crippen LogP contribution < -0.4 is 15.8 Å². The lowest BCUT2D eigenvalue weighted by Crippen LogP contribution is -2.25. The molecule has 1 amide bonds. The summed E-state index contributed by atoms with van der Waals surface area (Å²) >= 11 is 1.60. The molecule has 3 rings (SSSR count). The molecule has 0 saturated carbocycles. The summed E-state index contributed by atoms with van der Waals surface area (Å²) in [5, 5.41) is 2.77. The predicted octanol–water partition coefficient (Wildman–Crippen LogP) is 2.75. The number of benzene rings is 2. The Morgan fingerprint density at radius 1 is 1.16 bits per heavy atom. The number of ether oxygens (including phenoxy) is 1. The van der Waals surface area contributed by atoms with E-state index in [1.54, 1.807) is 11.8 Å². The first kappa shape index (κ1) is 11.9. The van der Waals surface area contributed by atoms with Crippen molar-refractivity contribution in [1.29, 1.82) is 0 Å². The van der Waals surface area contributed by atoms with E-state index in [1.807, 2.05) is 42.5 Å². The molecule has 0 unspecified atom stereocenters. The molecule has 0 bridgehead atoms. The van der Waals surface area contributed by atoms with Crippen LogP contribution in [0.15, 0.2) is 52.3 Å². The minimum absolute atomic E-state index is 0.0689. The summed E-state index contributed by atoms with van der Waals surface area (Å²) in [5.41, 5.74) is 7.21. The molecular formula is C14H12N2O2S. The summed E-state index contributed by atoms with van der Waals surface area (Å²) in [7, 11) is 0. The Morgan fingerprint density at radius 2 is 2.00 bits per heavy atom. The molecular weight excluding hydrogens is 260 g/mol. The topological polar surface area (TPSA) is 64.3 Å². The minimum atomic E-state index is -0.122. The first-order chi connectivity index (χ1) is 9.20. The lowest BCUT2D eigenvalue weighted by atomic mass is 10.2. The fraction of sp³-hybridized carbons (Fsp3) is 0.0714. The van der Waals surface area contributed by atoms with E-state index in [9.17, 15) is 4.79 Å². The van der Waals surface area contributed by atoms with E-state index in [-0.39, 0.29) is 12.5 Å². The Hall–Kier alpha value is -2.14. The molecule has 3 N–H and O–H groups in total. The van der Waals surface area contributed by atoms with Crippen molar-refractivity contribution in [2.45, 2.75) is 9.79 Å². The van der Waals surface area contributed by atoms with Crippen LogP contribution in [-0.4, -0.2) is 12.5 Å². The molecule has 1 aliphatic heterocycles. The maximum atomic E-state index is 11.2. The van der Waals surface area contributed by atoms with E-state index in [1.165, 1.54) is 0 Å². The largest absolute Gasteiger partial charge is 0.482 e. The molecule has 4 nitrogen and oxygen atoms in total. The van der Waals surface area contributed by atoms with Crippen molar-refractivity contribution in [3.8, 4) is 5.75 Å². The highest BCUT2D eigenvalue weighted by Crippen LogP contribution is 2.35. The van der Waals surface area contributed by atoms with Crippen LogP contribution in [0, 0.1) is 0 Å². The average molecular weight is 272 g/mol. The van der Waals surface area contributed by atoms with E-state index >= 15 is 0 Å². The molecule has 2 aromatic rings. The molecule has 0 saturated heterocycles. The first-order valence-electron chi connectivity index (χ1n) is 5.81. The molecule has 5 heteroatoms. The van der Waals surface area contributed by atoms with Gasteiger partial charge in [-0.25, -0.2) is 0 Å². The van der Waals surface area contributed by atoms with Gasteiger partial charge < -0.3 is 15.8 Å². The number of fused-ring (bicyclic) bond motifs is 1. The van der Waals surface area contributed by atoms with Crippen molar-refractivity contribution in [3.05, 3.63) is 42.5 Å². The van der Waals surface area contributed by atoms with Crippen molar-refractivity contribution in [2.75, 3.05) is 17.7 Å². The molecule has 0 atom stereocenters. The minimum Gasteiger partial charge on any atom is -0.482 e. The SMILES string of the molecule is Nc1cccc(Sc2ccc3c(c2)OCC(=O)N3)c1. The van der Waals surface area contributed by atoms with Gasteiger partial charge in [0.25, 0.3) is 5.91 Å². The van der Waals surface area contributed by atoms with Gasteiger partial charge >= 0.3 is 0 Å². The third kappa shape index (κ3) is 2.66. The zero-order valence-corrected chi connectivity index (χ0v) is 10.9. The average Bonchev–Trinajstić information content (AvgIpc) is 2.39. The molecule has 0 aromatic heterocycles. The highest BCUT2D eigenvalue weighted by molar-refractivity contribution is 7.99. The third-order valence-corrected chi connectivity index (χ3v) is 3.66. The summed E-state index contributed by atoms with van der Waals surface area (Å²) in [6.07, 6.45) is 0. The van der Waals surface area contributed by atoms with Gasteiger partial charge in [-0.05, 0) is 36.4 Å². The number of carbonyl (C=O) groups excluding carboxylic acids is 1. The second-order valence-corrected chi connectivity index (χ2v) is 5.32. The quantitative estimate of drug-likeness (QED) is 0.825. The van der Waals surface area contributed by atoms with Crippen molar-refractivity contribution in [1.82, 2.24) is 0 Å². The molecule has 1 aliphatic rings. The summed E-state index contributed by atoms with van der Waals surface area (Å²) < 4.78 is 5.39. The number of anilines is 2. The number of carbonyl (C=O) groups is 1. The number of nitrogens with one attached hydrogen (secondary N) is 1. The molecule has 1 heterocycles. The number of amides is 1. The van der Waals surface area contributed by atoms with Crippen LogP contribution in [0.5, 0.6) is 5.75 Å². The Balaban J connectivity index is 1.85. The number of hydrogen-bond donors (Lipinski definition) is 2. The van der Waals surface area contributed by atoms with Crippen LogP contribution in [0.1, 0.15) is 0 Å². The van der Waals surface area contributed by atoms with Gasteiger partial charge in [0.15, 0.2) is 6.61 Å². The van der Waals surface area contributed by atoms with Crippen LogP contribution in [-0.2, 0) is 4.79 Å². The number of nitrogens with two attached hydrogens (primary N) is 1. The summed E-state index contributed by atoms with van der Waals surface area (Å²) in [5.74, 6) is 0.581. The van der Waals surface area contributed by atoms with Crippen molar-refractivity contribution in [3.63, 3.8) is 0 Å². The molecule has 0 aliphatic carbocycles. The zero-order valence-electron chi connectivity index (χ0n) is 10.1. The second kappa shape index (κ2) is 4.85. The molecule has 19 heavy (non-hydrogen) atoms. The third-order valence-electron chi connectivity index (χ3n) is 2.68. The summed E-state index contributed by atoms with van der Waals surface area (Å²) in [6.45, 7) is 0.0689. The fourth-order valence-electron chi connectivity index (χ4n) is 1.83. The Labute approximate surface area is 115 Å². The zero-order chi connectivity index (χ0) is 13.2. The van der Waals surface area contributed by atoms with Crippen LogP contribution in [0.2, 0.25) is 0 Å². The van der Waals surface area contributed by atoms with E-state index in [0.717, 1.165) is 15.5 Å². The van der Waals surface area contributed by atoms with Crippen LogP contribution in [0.3, 0.4) is 0 Å². The molecule has 0 radical (unpaired) electrons. The number of nitrogen functional groups attached to an aromatic ring is 1. The number of hydrogen-bond acceptors (Lipinski definition) is 4. The van der Waals surface area contributed by atoms with Crippen molar-refractivity contribution < 1.29 is 9.53 Å². The molecule has 0 fully saturated rings. The van der Waals surface area contributed by atoms with Gasteiger partial charge in [-0.3, -0.25) is 4.79 Å². The van der Waals surface area contributed by atoms with Gasteiger partial charge in [-0.15, -0.1) is 0 Å². The Morgan fingerprint density at radius 3 is 2.84 bits per heavy atom. The van der Waals surface area contributed by atoms with Crippen LogP contribution in [0.25, 0.3) is 0 Å². The Bertz CT molecular complexity index is 643. The maximum Gasteiger partial charge on any atom is 0.262 e. The van der Waals surface area contributed by atoms with E-state index in [0.29, 0.717) is 11.4 Å². The van der Waals surface area contributed by atoms with Crippen LogP contribution in [0.4, 0.5) is 11.4 Å². The van der Waals surface area contributed by atoms with Gasteiger partial charge in [0.05, 0.1) is 5.69 Å². The summed E-state index contributed by atoms with van der Waals surface area (Å²) in [6, 6.07) is 13.4. The molecule has 2 aromatic carbocycles. The lowest BCUT2D eigenvalue weighted by Gasteiger charge is -2.18. The standard InChI is InChI=1S/C14H12N2O2S/c15-9-2-1-3-10(6-9)19-11-4-5-12-13(7-11)18-8-14(17)16-12/h1-7H,8,15H2,(H,16,17). The van der Waals surface area contributed by atoms with E-state index in [4.69, 9.17) is 10.5 Å². The molecule has 0 spiro atoms. The van der Waals surface area contributed by atoms with Gasteiger partial charge in [0, 0.05) is 15.5 Å². The highest BCUT2D eigenvalue weighted by Gasteiger charge is 2.16. The van der Waals surface area contributed by atoms with Crippen LogP contribution >= 0.6 is 11.8 Å². The lowest BCUT2D eigenvalue weighted by molar-refractivity contribution is -0.118. The van der Waals surface area contributed by atoms with Gasteiger partial charge in [-0.1, -0.05) is 17.8 Å². The maximum absolute atomic E-state index is 11.2. The van der Waals surface area contributed by atoms with E-state index < -0.39 is 0 Å². The Kier molecular flexibility index (Phi) is 3.05. The second-order valence-electron chi connectivity index (χ2n) is 4.17. The molecule has 96 valence electrons. The van der Waals surface area contributed by atoms with Gasteiger partial charge in [-0.2, -0.15) is 0 Å². The first-order valence-corrected chi connectivity index (χ1v) is 6.62. The highest BCUT2D eigenvalue weighted by atomic mass is 32.2.